The summed E-state index contributed by atoms with van der Waals surface area (Å²) in [6, 6.07) is 11.8. The Morgan fingerprint density at radius 3 is 2.51 bits per heavy atom. The normalized spacial score (nSPS) is 19.5. The van der Waals surface area contributed by atoms with E-state index in [0.717, 1.165) is 46.8 Å². The number of alkyl halides is 3. The highest BCUT2D eigenvalue weighted by Gasteiger charge is 2.69. The first-order valence-electron chi connectivity index (χ1n) is 15.2. The number of carbonyl (C=O) groups is 1. The number of hydrogen-bond acceptors (Lipinski definition) is 9. The van der Waals surface area contributed by atoms with Crippen molar-refractivity contribution in [3.8, 4) is 11.3 Å². The molecule has 0 radical (unpaired) electrons. The maximum atomic E-state index is 13.5. The number of pyridine rings is 1. The number of ether oxygens (including phenoxy) is 1. The fourth-order valence-electron chi connectivity index (χ4n) is 6.16. The molecule has 3 aliphatic rings. The minimum Gasteiger partial charge on any atom is -0.378 e. The zero-order valence-electron chi connectivity index (χ0n) is 24.8. The van der Waals surface area contributed by atoms with Crippen LogP contribution in [-0.2, 0) is 9.53 Å². The molecule has 2 saturated heterocycles. The van der Waals surface area contributed by atoms with E-state index >= 15 is 0 Å². The number of hydrogen-bond donors (Lipinski definition) is 2. The predicted molar refractivity (Wildman–Crippen MR) is 162 cm³/mol. The number of rotatable bonds is 7. The molecule has 5 heterocycles. The van der Waals surface area contributed by atoms with Gasteiger partial charge in [-0.05, 0) is 49.6 Å². The number of aromatic amines is 1. The fourth-order valence-corrected chi connectivity index (χ4v) is 6.16. The highest BCUT2D eigenvalue weighted by Crippen LogP contribution is 2.58. The van der Waals surface area contributed by atoms with Crippen LogP contribution in [0.25, 0.3) is 22.3 Å². The lowest BCUT2D eigenvalue weighted by Gasteiger charge is -2.39. The number of H-pyrrole nitrogens is 1. The number of benzene rings is 1. The monoisotopic (exact) mass is 621 g/mol. The molecule has 0 bridgehead atoms. The second kappa shape index (κ2) is 11.6. The first-order valence-corrected chi connectivity index (χ1v) is 15.2. The van der Waals surface area contributed by atoms with Crippen molar-refractivity contribution in [2.24, 2.45) is 5.41 Å². The van der Waals surface area contributed by atoms with Crippen molar-refractivity contribution in [3.05, 3.63) is 54.5 Å². The Bertz CT molecular complexity index is 1690. The first kappa shape index (κ1) is 29.4. The van der Waals surface area contributed by atoms with Gasteiger partial charge in [0.1, 0.15) is 23.4 Å². The summed E-state index contributed by atoms with van der Waals surface area (Å²) < 4.78 is 45.8. The molecule has 1 saturated carbocycles. The molecule has 1 aromatic carbocycles. The number of nitrogens with zero attached hydrogens (tertiary/aromatic N) is 7. The predicted octanol–water partition coefficient (Wildman–Crippen LogP) is 4.54. The third-order valence-electron chi connectivity index (χ3n) is 9.13. The first-order chi connectivity index (χ1) is 21.7. The summed E-state index contributed by atoms with van der Waals surface area (Å²) in [4.78, 5) is 39.8. The molecule has 1 atom stereocenters. The van der Waals surface area contributed by atoms with Crippen molar-refractivity contribution in [2.45, 2.75) is 32.0 Å². The molecule has 14 heteroatoms. The van der Waals surface area contributed by atoms with E-state index in [2.05, 4.69) is 47.0 Å². The van der Waals surface area contributed by atoms with Gasteiger partial charge in [0.25, 0.3) is 0 Å². The lowest BCUT2D eigenvalue weighted by atomic mass is 10.0. The summed E-state index contributed by atoms with van der Waals surface area (Å²) in [6.07, 6.45) is -1.40. The van der Waals surface area contributed by atoms with E-state index in [9.17, 15) is 18.0 Å². The quantitative estimate of drug-likeness (QED) is 0.307. The van der Waals surface area contributed by atoms with Crippen LogP contribution in [0.1, 0.15) is 31.4 Å². The number of amides is 1. The molecule has 3 aromatic heterocycles. The van der Waals surface area contributed by atoms with Gasteiger partial charge >= 0.3 is 6.18 Å². The van der Waals surface area contributed by atoms with Crippen LogP contribution >= 0.6 is 0 Å². The summed E-state index contributed by atoms with van der Waals surface area (Å²) in [5.41, 5.74) is 2.23. The molecule has 1 unspecified atom stereocenters. The van der Waals surface area contributed by atoms with Gasteiger partial charge in [0, 0.05) is 63.1 Å². The second-order valence-corrected chi connectivity index (χ2v) is 11.9. The number of carbonyl (C=O) groups excluding carboxylic acids is 1. The Balaban J connectivity index is 1.00. The molecule has 2 N–H and O–H groups in total. The topological polar surface area (TPSA) is 115 Å². The van der Waals surface area contributed by atoms with Crippen molar-refractivity contribution in [3.63, 3.8) is 0 Å². The average molecular weight is 622 g/mol. The molecule has 2 aliphatic heterocycles. The maximum absolute atomic E-state index is 13.5. The molecular formula is C31H34F3N9O2. The molecule has 3 fully saturated rings. The minimum atomic E-state index is -4.49. The van der Waals surface area contributed by atoms with Gasteiger partial charge in [-0.25, -0.2) is 19.9 Å². The van der Waals surface area contributed by atoms with Crippen LogP contribution in [0.15, 0.2) is 48.9 Å². The molecule has 7 rings (SSSR count). The van der Waals surface area contributed by atoms with E-state index < -0.39 is 17.5 Å². The molecule has 1 amide bonds. The standard InChI is InChI=1S/C31H34F3N9O2/c1-20(41-8-10-43(11-9-41)28(44)30(5-6-30)31(32,33)34)21-4-7-35-26(17-21)40-29-38-23-3-2-22(16-25(23)39-29)24-18-27(37-19-36-24)42-12-14-45-15-13-42/h2-4,7,16-20H,5-6,8-15H2,1H3,(H2,35,38,39,40). The fraction of sp³-hybridized carbons (Fsp3) is 0.452. The molecule has 11 nitrogen and oxygen atoms in total. The van der Waals surface area contributed by atoms with Crippen molar-refractivity contribution in [1.29, 1.82) is 0 Å². The Hall–Kier alpha value is -4.30. The zero-order chi connectivity index (χ0) is 31.2. The van der Waals surface area contributed by atoms with Gasteiger partial charge in [-0.3, -0.25) is 9.69 Å². The van der Waals surface area contributed by atoms with Gasteiger partial charge in [0.05, 0.1) is 29.9 Å². The minimum absolute atomic E-state index is 0.0169. The van der Waals surface area contributed by atoms with Crippen molar-refractivity contribution < 1.29 is 22.7 Å². The van der Waals surface area contributed by atoms with Crippen LogP contribution in [-0.4, -0.2) is 99.3 Å². The van der Waals surface area contributed by atoms with Crippen LogP contribution in [0.3, 0.4) is 0 Å². The average Bonchev–Trinajstić information content (AvgIpc) is 3.80. The molecule has 45 heavy (non-hydrogen) atoms. The van der Waals surface area contributed by atoms with E-state index in [4.69, 9.17) is 4.74 Å². The van der Waals surface area contributed by atoms with E-state index in [1.165, 1.54) is 4.90 Å². The zero-order valence-corrected chi connectivity index (χ0v) is 24.8. The molecule has 0 spiro atoms. The Morgan fingerprint density at radius 2 is 1.78 bits per heavy atom. The maximum Gasteiger partial charge on any atom is 0.403 e. The van der Waals surface area contributed by atoms with Gasteiger partial charge in [0.2, 0.25) is 11.9 Å². The molecule has 236 valence electrons. The number of imidazole rings is 1. The Morgan fingerprint density at radius 1 is 1.00 bits per heavy atom. The van der Waals surface area contributed by atoms with E-state index in [1.54, 1.807) is 12.5 Å². The summed E-state index contributed by atoms with van der Waals surface area (Å²) in [5.74, 6) is 1.26. The summed E-state index contributed by atoms with van der Waals surface area (Å²) in [5, 5.41) is 3.26. The van der Waals surface area contributed by atoms with Gasteiger partial charge < -0.3 is 24.8 Å². The summed E-state index contributed by atoms with van der Waals surface area (Å²) in [6.45, 7) is 6.56. The lowest BCUT2D eigenvalue weighted by molar-refractivity contribution is -0.199. The largest absolute Gasteiger partial charge is 0.403 e. The van der Waals surface area contributed by atoms with Crippen molar-refractivity contribution in [1.82, 2.24) is 34.7 Å². The van der Waals surface area contributed by atoms with Crippen LogP contribution in [0, 0.1) is 5.41 Å². The highest BCUT2D eigenvalue weighted by atomic mass is 19.4. The second-order valence-electron chi connectivity index (χ2n) is 11.9. The SMILES string of the molecule is CC(c1ccnc(Nc2nc3ccc(-c4cc(N5CCOCC5)ncn4)cc3[nH]2)c1)N1CCN(C(=O)C2(C(F)(F)F)CC2)CC1. The summed E-state index contributed by atoms with van der Waals surface area (Å²) in [7, 11) is 0. The van der Waals surface area contributed by atoms with Gasteiger partial charge in [-0.1, -0.05) is 6.07 Å². The molecule has 1 aliphatic carbocycles. The van der Waals surface area contributed by atoms with Crippen LogP contribution in [0.5, 0.6) is 0 Å². The van der Waals surface area contributed by atoms with Gasteiger partial charge in [0.15, 0.2) is 0 Å². The third kappa shape index (κ3) is 5.79. The number of halogens is 3. The third-order valence-corrected chi connectivity index (χ3v) is 9.13. The van der Waals surface area contributed by atoms with E-state index in [-0.39, 0.29) is 32.0 Å². The Kier molecular flexibility index (Phi) is 7.56. The van der Waals surface area contributed by atoms with Gasteiger partial charge in [-0.2, -0.15) is 13.2 Å². The van der Waals surface area contributed by atoms with E-state index in [0.29, 0.717) is 38.1 Å². The lowest BCUT2D eigenvalue weighted by Crippen LogP contribution is -2.53. The number of nitrogens with one attached hydrogen (secondary N) is 2. The highest BCUT2D eigenvalue weighted by molar-refractivity contribution is 5.86. The van der Waals surface area contributed by atoms with Gasteiger partial charge in [-0.15, -0.1) is 0 Å². The van der Waals surface area contributed by atoms with Crippen molar-refractivity contribution in [2.75, 3.05) is 62.7 Å². The number of fused-ring (bicyclic) bond motifs is 1. The summed E-state index contributed by atoms with van der Waals surface area (Å²) >= 11 is 0. The molecule has 4 aromatic rings. The van der Waals surface area contributed by atoms with E-state index in [1.807, 2.05) is 36.4 Å². The van der Waals surface area contributed by atoms with Crippen LogP contribution in [0.4, 0.5) is 30.8 Å². The number of morpholine rings is 1. The van der Waals surface area contributed by atoms with Crippen LogP contribution < -0.4 is 10.2 Å². The molecular weight excluding hydrogens is 587 g/mol. The number of aromatic nitrogens is 5. The smallest absolute Gasteiger partial charge is 0.378 e. The van der Waals surface area contributed by atoms with Crippen LogP contribution in [0.2, 0.25) is 0 Å². The van der Waals surface area contributed by atoms with Crippen molar-refractivity contribution >= 4 is 34.5 Å². The number of anilines is 3. The number of piperazine rings is 1. The Labute approximate surface area is 257 Å².